The highest BCUT2D eigenvalue weighted by molar-refractivity contribution is 6.33. The highest BCUT2D eigenvalue weighted by Crippen LogP contribution is 2.16. The van der Waals surface area contributed by atoms with Gasteiger partial charge in [0.25, 0.3) is 5.91 Å². The van der Waals surface area contributed by atoms with Gasteiger partial charge in [0.2, 0.25) is 0 Å². The number of pyridine rings is 1. The number of rotatable bonds is 6. The smallest absolute Gasteiger partial charge is 0.271 e. The molecule has 0 fully saturated rings. The number of carbonyl (C=O) groups is 1. The van der Waals surface area contributed by atoms with Crippen molar-refractivity contribution in [3.63, 3.8) is 0 Å². The lowest BCUT2D eigenvalue weighted by atomic mass is 10.2. The Morgan fingerprint density at radius 1 is 1.61 bits per heavy atom. The molecule has 1 heterocycles. The van der Waals surface area contributed by atoms with Crippen molar-refractivity contribution in [2.75, 3.05) is 19.1 Å². The molecule has 6 nitrogen and oxygen atoms in total. The number of halogens is 1. The zero-order valence-corrected chi connectivity index (χ0v) is 11.1. The predicted octanol–water partition coefficient (Wildman–Crippen LogP) is 1.18. The number of anilines is 1. The quantitative estimate of drug-likeness (QED) is 0.534. The molecule has 0 saturated carbocycles. The molecule has 7 heteroatoms. The lowest BCUT2D eigenvalue weighted by molar-refractivity contribution is 0.0890. The van der Waals surface area contributed by atoms with Crippen molar-refractivity contribution in [3.8, 4) is 0 Å². The lowest BCUT2D eigenvalue weighted by Crippen LogP contribution is -2.38. The van der Waals surface area contributed by atoms with Gasteiger partial charge in [-0.2, -0.15) is 0 Å². The second-order valence-corrected chi connectivity index (χ2v) is 4.11. The molecule has 0 saturated heterocycles. The summed E-state index contributed by atoms with van der Waals surface area (Å²) >= 11 is 5.93. The number of nitrogens with one attached hydrogen (secondary N) is 2. The second-order valence-electron chi connectivity index (χ2n) is 3.71. The van der Waals surface area contributed by atoms with E-state index in [2.05, 4.69) is 15.7 Å². The third-order valence-corrected chi connectivity index (χ3v) is 2.71. The molecule has 0 radical (unpaired) electrons. The Hall–Kier alpha value is -1.37. The van der Waals surface area contributed by atoms with Gasteiger partial charge in [-0.3, -0.25) is 4.79 Å². The van der Waals surface area contributed by atoms with E-state index in [0.717, 1.165) is 6.42 Å². The SMILES string of the molecule is CCC(COC)NC(=O)c1nc(NN)ccc1Cl. The van der Waals surface area contributed by atoms with Crippen LogP contribution in [0.5, 0.6) is 0 Å². The first-order valence-corrected chi connectivity index (χ1v) is 5.93. The molecule has 1 aromatic heterocycles. The molecule has 0 aromatic carbocycles. The molecule has 0 bridgehead atoms. The van der Waals surface area contributed by atoms with Crippen LogP contribution in [0, 0.1) is 0 Å². The van der Waals surface area contributed by atoms with E-state index in [4.69, 9.17) is 22.2 Å². The number of hydrazine groups is 1. The third-order valence-electron chi connectivity index (χ3n) is 2.40. The number of hydrogen-bond acceptors (Lipinski definition) is 5. The van der Waals surface area contributed by atoms with Crippen molar-refractivity contribution < 1.29 is 9.53 Å². The van der Waals surface area contributed by atoms with E-state index in [1.54, 1.807) is 19.2 Å². The molecule has 1 unspecified atom stereocenters. The highest BCUT2D eigenvalue weighted by atomic mass is 35.5. The molecule has 1 aromatic rings. The second kappa shape index (κ2) is 7.15. The first kappa shape index (κ1) is 14.7. The topological polar surface area (TPSA) is 89.3 Å². The Kier molecular flexibility index (Phi) is 5.84. The van der Waals surface area contributed by atoms with E-state index < -0.39 is 0 Å². The van der Waals surface area contributed by atoms with Gasteiger partial charge in [-0.25, -0.2) is 10.8 Å². The van der Waals surface area contributed by atoms with Gasteiger partial charge in [-0.1, -0.05) is 18.5 Å². The van der Waals surface area contributed by atoms with E-state index in [0.29, 0.717) is 12.4 Å². The van der Waals surface area contributed by atoms with E-state index in [1.165, 1.54) is 0 Å². The van der Waals surface area contributed by atoms with Gasteiger partial charge >= 0.3 is 0 Å². The van der Waals surface area contributed by atoms with Gasteiger partial charge in [0.1, 0.15) is 11.5 Å². The van der Waals surface area contributed by atoms with E-state index in [-0.39, 0.29) is 22.7 Å². The minimum Gasteiger partial charge on any atom is -0.383 e. The van der Waals surface area contributed by atoms with Gasteiger partial charge < -0.3 is 15.5 Å². The van der Waals surface area contributed by atoms with Crippen molar-refractivity contribution in [1.29, 1.82) is 0 Å². The average Bonchev–Trinajstić information content (AvgIpc) is 2.38. The first-order chi connectivity index (χ1) is 8.62. The number of nitrogens with zero attached hydrogens (tertiary/aromatic N) is 1. The molecule has 0 aliphatic rings. The fourth-order valence-electron chi connectivity index (χ4n) is 1.40. The van der Waals surface area contributed by atoms with Crippen molar-refractivity contribution in [1.82, 2.24) is 10.3 Å². The molecule has 0 aliphatic heterocycles. The maximum Gasteiger partial charge on any atom is 0.271 e. The van der Waals surface area contributed by atoms with Crippen LogP contribution >= 0.6 is 11.6 Å². The summed E-state index contributed by atoms with van der Waals surface area (Å²) in [6, 6.07) is 3.08. The van der Waals surface area contributed by atoms with Crippen LogP contribution in [0.15, 0.2) is 12.1 Å². The largest absolute Gasteiger partial charge is 0.383 e. The number of aromatic nitrogens is 1. The minimum absolute atomic E-state index is 0.0742. The Morgan fingerprint density at radius 3 is 2.89 bits per heavy atom. The molecule has 0 aliphatic carbocycles. The van der Waals surface area contributed by atoms with Crippen LogP contribution in [0.25, 0.3) is 0 Å². The van der Waals surface area contributed by atoms with E-state index in [9.17, 15) is 4.79 Å². The van der Waals surface area contributed by atoms with E-state index in [1.807, 2.05) is 6.92 Å². The van der Waals surface area contributed by atoms with E-state index >= 15 is 0 Å². The van der Waals surface area contributed by atoms with Gasteiger partial charge in [-0.05, 0) is 18.6 Å². The molecule has 1 amide bonds. The molecule has 1 rings (SSSR count). The van der Waals surface area contributed by atoms with Crippen LogP contribution in [0.2, 0.25) is 5.02 Å². The van der Waals surface area contributed by atoms with Crippen molar-refractivity contribution in [3.05, 3.63) is 22.8 Å². The summed E-state index contributed by atoms with van der Waals surface area (Å²) in [7, 11) is 1.58. The molecular weight excluding hydrogens is 256 g/mol. The number of ether oxygens (including phenoxy) is 1. The summed E-state index contributed by atoms with van der Waals surface area (Å²) in [6.45, 7) is 2.39. The van der Waals surface area contributed by atoms with Crippen LogP contribution in [0.1, 0.15) is 23.8 Å². The number of amides is 1. The Morgan fingerprint density at radius 2 is 2.33 bits per heavy atom. The molecule has 18 heavy (non-hydrogen) atoms. The van der Waals surface area contributed by atoms with Crippen molar-refractivity contribution in [2.24, 2.45) is 5.84 Å². The van der Waals surface area contributed by atoms with Gasteiger partial charge in [0, 0.05) is 7.11 Å². The molecular formula is C11H17ClN4O2. The maximum atomic E-state index is 12.0. The summed E-state index contributed by atoms with van der Waals surface area (Å²) in [5.41, 5.74) is 2.51. The summed E-state index contributed by atoms with van der Waals surface area (Å²) in [5.74, 6) is 5.27. The zero-order valence-electron chi connectivity index (χ0n) is 10.4. The molecule has 1 atom stereocenters. The summed E-state index contributed by atoms with van der Waals surface area (Å²) < 4.78 is 5.01. The van der Waals surface area contributed by atoms with Crippen LogP contribution in [0.3, 0.4) is 0 Å². The number of carbonyl (C=O) groups excluding carboxylic acids is 1. The first-order valence-electron chi connectivity index (χ1n) is 5.55. The Labute approximate surface area is 111 Å². The van der Waals surface area contributed by atoms with Crippen LogP contribution in [0.4, 0.5) is 5.82 Å². The number of nitrogen functional groups attached to an aromatic ring is 1. The van der Waals surface area contributed by atoms with Gasteiger partial charge in [0.15, 0.2) is 0 Å². The fourth-order valence-corrected chi connectivity index (χ4v) is 1.59. The lowest BCUT2D eigenvalue weighted by Gasteiger charge is -2.16. The predicted molar refractivity (Wildman–Crippen MR) is 70.5 cm³/mol. The molecule has 4 N–H and O–H groups in total. The summed E-state index contributed by atoms with van der Waals surface area (Å²) in [6.07, 6.45) is 0.756. The minimum atomic E-state index is -0.346. The third kappa shape index (κ3) is 3.83. The number of nitrogens with two attached hydrogens (primary N) is 1. The maximum absolute atomic E-state index is 12.0. The number of methoxy groups -OCH3 is 1. The van der Waals surface area contributed by atoms with Crippen LogP contribution in [-0.4, -0.2) is 30.6 Å². The normalized spacial score (nSPS) is 12.0. The van der Waals surface area contributed by atoms with Gasteiger partial charge in [-0.15, -0.1) is 0 Å². The van der Waals surface area contributed by atoms with Crippen molar-refractivity contribution >= 4 is 23.3 Å². The summed E-state index contributed by atoms with van der Waals surface area (Å²) in [4.78, 5) is 16.0. The van der Waals surface area contributed by atoms with Crippen LogP contribution in [-0.2, 0) is 4.74 Å². The monoisotopic (exact) mass is 272 g/mol. The fraction of sp³-hybridized carbons (Fsp3) is 0.455. The highest BCUT2D eigenvalue weighted by Gasteiger charge is 2.16. The average molecular weight is 273 g/mol. The molecule has 0 spiro atoms. The standard InChI is InChI=1S/C11H17ClN4O2/c1-3-7(6-18-2)14-11(17)10-8(12)4-5-9(15-10)16-13/h4-5,7H,3,6,13H2,1-2H3,(H,14,17)(H,15,16). The summed E-state index contributed by atoms with van der Waals surface area (Å²) in [5, 5.41) is 3.07. The van der Waals surface area contributed by atoms with Crippen molar-refractivity contribution in [2.45, 2.75) is 19.4 Å². The Balaban J connectivity index is 2.82. The number of hydrogen-bond donors (Lipinski definition) is 3. The Bertz CT molecular complexity index is 414. The molecule has 100 valence electrons. The van der Waals surface area contributed by atoms with Gasteiger partial charge in [0.05, 0.1) is 17.7 Å². The zero-order chi connectivity index (χ0) is 13.5. The van der Waals surface area contributed by atoms with Crippen LogP contribution < -0.4 is 16.6 Å².